The molecule has 2 aliphatic heterocycles. The molecule has 0 fully saturated rings. The van der Waals surface area contributed by atoms with E-state index < -0.39 is 7.92 Å². The van der Waals surface area contributed by atoms with Crippen LogP contribution in [0.1, 0.15) is 63.8 Å². The van der Waals surface area contributed by atoms with E-state index in [2.05, 4.69) is 100 Å². The van der Waals surface area contributed by atoms with Crippen LogP contribution in [-0.4, -0.2) is 15.9 Å². The van der Waals surface area contributed by atoms with Crippen LogP contribution in [0.3, 0.4) is 0 Å². The topological polar surface area (TPSA) is 50.2 Å². The van der Waals surface area contributed by atoms with Gasteiger partial charge in [-0.05, 0) is 63.4 Å². The number of pyridine rings is 1. The molecule has 2 aliphatic rings. The molecule has 209 valence electrons. The van der Waals surface area contributed by atoms with Gasteiger partial charge in [-0.2, -0.15) is 0 Å². The van der Waals surface area contributed by atoms with Crippen molar-refractivity contribution in [2.75, 3.05) is 0 Å². The van der Waals surface area contributed by atoms with Gasteiger partial charge < -0.3 is 10.1 Å². The number of rotatable bonds is 1. The first-order chi connectivity index (χ1) is 19.0. The molecule has 1 aromatic heterocycles. The second kappa shape index (κ2) is 10.6. The summed E-state index contributed by atoms with van der Waals surface area (Å²) in [5, 5.41) is 16.5. The average Bonchev–Trinajstić information content (AvgIpc) is 2.91. The van der Waals surface area contributed by atoms with Gasteiger partial charge in [0.2, 0.25) is 0 Å². The molecule has 4 aromatic carbocycles. The maximum atomic E-state index is 10.0. The van der Waals surface area contributed by atoms with Gasteiger partial charge in [-0.1, -0.05) is 108 Å². The van der Waals surface area contributed by atoms with Gasteiger partial charge in [-0.25, -0.2) is 0 Å². The molecule has 1 radical (unpaired) electrons. The van der Waals surface area contributed by atoms with E-state index in [1.54, 1.807) is 0 Å². The van der Waals surface area contributed by atoms with Gasteiger partial charge in [0, 0.05) is 32.4 Å². The van der Waals surface area contributed by atoms with Gasteiger partial charge >= 0.3 is 0 Å². The van der Waals surface area contributed by atoms with Gasteiger partial charge in [-0.3, -0.25) is 4.79 Å². The standard InChI is InChI=1S/C31H25NP.C5H8O2.Ir/c1-30(2)22-11-5-7-13-25(22)33-26-14-8-6-12-23(26)31(3,4)27-20-16-15-19-10-9-17-32-28(19)21(20)18-24(30)29(27)33;1-4(6)3-5(2)7;/h5-17H,1-4H3;3,6H,1-2H3;/q-1;;/b;4-3-;. The van der Waals surface area contributed by atoms with Gasteiger partial charge in [0.25, 0.3) is 0 Å². The zero-order chi connectivity index (χ0) is 28.4. The molecule has 0 spiro atoms. The largest absolute Gasteiger partial charge is 0.512 e. The third kappa shape index (κ3) is 4.58. The maximum absolute atomic E-state index is 10.0. The van der Waals surface area contributed by atoms with Gasteiger partial charge in [-0.15, -0.1) is 28.0 Å². The molecule has 0 amide bonds. The first-order valence-corrected chi connectivity index (χ1v) is 15.0. The molecule has 1 N–H and O–H groups in total. The van der Waals surface area contributed by atoms with Crippen LogP contribution >= 0.6 is 7.92 Å². The number of aliphatic hydroxyl groups is 1. The Hall–Kier alpha value is -3.16. The summed E-state index contributed by atoms with van der Waals surface area (Å²) in [6.45, 7) is 12.4. The van der Waals surface area contributed by atoms with Crippen LogP contribution in [0.5, 0.6) is 0 Å². The average molecular weight is 735 g/mol. The summed E-state index contributed by atoms with van der Waals surface area (Å²) in [7, 11) is -0.636. The molecule has 41 heavy (non-hydrogen) atoms. The van der Waals surface area contributed by atoms with E-state index in [9.17, 15) is 4.79 Å². The molecule has 0 saturated carbocycles. The Bertz CT molecular complexity index is 1860. The fraction of sp³-hybridized carbons (Fsp3) is 0.222. The second-order valence-electron chi connectivity index (χ2n) is 11.8. The molecule has 1 unspecified atom stereocenters. The van der Waals surface area contributed by atoms with Crippen LogP contribution < -0.4 is 15.9 Å². The minimum absolute atomic E-state index is 0. The number of hydrogen-bond acceptors (Lipinski definition) is 3. The third-order valence-corrected chi connectivity index (χ3v) is 10.9. The summed E-state index contributed by atoms with van der Waals surface area (Å²) in [5.41, 5.74) is 6.57. The van der Waals surface area contributed by atoms with Crippen molar-refractivity contribution >= 4 is 51.3 Å². The molecule has 0 aliphatic carbocycles. The van der Waals surface area contributed by atoms with E-state index in [-0.39, 0.29) is 42.5 Å². The second-order valence-corrected chi connectivity index (χ2v) is 13.9. The molecule has 5 heteroatoms. The van der Waals surface area contributed by atoms with Crippen LogP contribution in [0.25, 0.3) is 21.7 Å². The van der Waals surface area contributed by atoms with Crippen LogP contribution in [0.4, 0.5) is 0 Å². The van der Waals surface area contributed by atoms with Crippen LogP contribution in [0.2, 0.25) is 0 Å². The number of ketones is 1. The Morgan fingerprint density at radius 3 is 2.05 bits per heavy atom. The number of aliphatic hydroxyl groups excluding tert-OH is 1. The normalized spacial score (nSPS) is 17.3. The van der Waals surface area contributed by atoms with E-state index in [0.29, 0.717) is 0 Å². The minimum atomic E-state index is -0.636. The van der Waals surface area contributed by atoms with E-state index in [1.165, 1.54) is 68.9 Å². The van der Waals surface area contributed by atoms with Crippen molar-refractivity contribution in [1.29, 1.82) is 0 Å². The number of carbonyl (C=O) groups excluding carboxylic acids is 1. The molecule has 5 aromatic rings. The molecular formula is C36H33IrNO2P-. The quantitative estimate of drug-likeness (QED) is 0.0649. The van der Waals surface area contributed by atoms with E-state index in [1.807, 2.05) is 12.3 Å². The van der Waals surface area contributed by atoms with Gasteiger partial charge in [0.05, 0.1) is 5.76 Å². The van der Waals surface area contributed by atoms with Crippen LogP contribution in [-0.2, 0) is 35.7 Å². The van der Waals surface area contributed by atoms with Crippen LogP contribution in [0.15, 0.2) is 90.8 Å². The van der Waals surface area contributed by atoms with Crippen LogP contribution in [0, 0.1) is 6.07 Å². The Labute approximate surface area is 256 Å². The number of benzene rings is 4. The smallest absolute Gasteiger partial charge is 0.155 e. The minimum Gasteiger partial charge on any atom is -0.512 e. The number of aromatic nitrogens is 1. The SMILES string of the molecule is CC(=O)/C=C(/C)O.CC1(C)c2[c-]c3c(ccc4cccnc43)c3c2P(c2ccccc21)c1ccccc1C3(C)C.[Ir]. The van der Waals surface area contributed by atoms with Crippen molar-refractivity contribution in [3.63, 3.8) is 0 Å². The Morgan fingerprint density at radius 2 is 1.46 bits per heavy atom. The predicted molar refractivity (Wildman–Crippen MR) is 168 cm³/mol. The summed E-state index contributed by atoms with van der Waals surface area (Å²) in [6.07, 6.45) is 3.08. The fourth-order valence-electron chi connectivity index (χ4n) is 6.55. The number of fused-ring (bicyclic) bond motifs is 8. The zero-order valence-corrected chi connectivity index (χ0v) is 27.5. The first-order valence-electron chi connectivity index (χ1n) is 13.7. The summed E-state index contributed by atoms with van der Waals surface area (Å²) in [6, 6.07) is 31.0. The van der Waals surface area contributed by atoms with Crippen molar-refractivity contribution in [3.05, 3.63) is 119 Å². The molecule has 0 saturated heterocycles. The van der Waals surface area contributed by atoms with E-state index in [4.69, 9.17) is 10.1 Å². The van der Waals surface area contributed by atoms with Crippen molar-refractivity contribution in [2.45, 2.75) is 52.4 Å². The number of allylic oxidation sites excluding steroid dienone is 2. The maximum Gasteiger partial charge on any atom is 0.155 e. The van der Waals surface area contributed by atoms with Crippen molar-refractivity contribution in [3.8, 4) is 0 Å². The number of hydrogen-bond donors (Lipinski definition) is 1. The van der Waals surface area contributed by atoms with Gasteiger partial charge in [0.1, 0.15) is 0 Å². The van der Waals surface area contributed by atoms with E-state index in [0.717, 1.165) is 10.9 Å². The van der Waals surface area contributed by atoms with Crippen molar-refractivity contribution < 1.29 is 30.0 Å². The molecular weight excluding hydrogens is 702 g/mol. The fourth-order valence-corrected chi connectivity index (χ4v) is 10.1. The molecule has 0 bridgehead atoms. The van der Waals surface area contributed by atoms with E-state index >= 15 is 0 Å². The Kier molecular flexibility index (Phi) is 7.58. The molecule has 3 nitrogen and oxygen atoms in total. The zero-order valence-electron chi connectivity index (χ0n) is 24.2. The molecule has 7 rings (SSSR count). The first kappa shape index (κ1) is 29.3. The van der Waals surface area contributed by atoms with Crippen molar-refractivity contribution in [1.82, 2.24) is 4.98 Å². The number of carbonyl (C=O) groups is 1. The monoisotopic (exact) mass is 735 g/mol. The molecule has 1 atom stereocenters. The summed E-state index contributed by atoms with van der Waals surface area (Å²) in [4.78, 5) is 14.8. The summed E-state index contributed by atoms with van der Waals surface area (Å²) >= 11 is 0. The number of nitrogens with zero attached hydrogens (tertiary/aromatic N) is 1. The third-order valence-electron chi connectivity index (χ3n) is 8.29. The Morgan fingerprint density at radius 1 is 0.854 bits per heavy atom. The Balaban J connectivity index is 0.000000379. The van der Waals surface area contributed by atoms with Gasteiger partial charge in [0.15, 0.2) is 5.78 Å². The van der Waals surface area contributed by atoms with Crippen molar-refractivity contribution in [2.24, 2.45) is 0 Å². The predicted octanol–water partition coefficient (Wildman–Crippen LogP) is 7.26. The summed E-state index contributed by atoms with van der Waals surface area (Å²) in [5.74, 6) is -0.0625. The summed E-state index contributed by atoms with van der Waals surface area (Å²) < 4.78 is 0. The molecule has 3 heterocycles.